The van der Waals surface area contributed by atoms with E-state index in [-0.39, 0.29) is 0 Å². The van der Waals surface area contributed by atoms with Gasteiger partial charge in [-0.25, -0.2) is 4.98 Å². The highest BCUT2D eigenvalue weighted by Gasteiger charge is 2.32. The van der Waals surface area contributed by atoms with Crippen molar-refractivity contribution >= 4 is 0 Å². The molecular formula is C10H12NO2. The smallest absolute Gasteiger partial charge is 0.111 e. The summed E-state index contributed by atoms with van der Waals surface area (Å²) in [5.41, 5.74) is -0.0889. The van der Waals surface area contributed by atoms with Gasteiger partial charge >= 0.3 is 0 Å². The van der Waals surface area contributed by atoms with E-state index in [9.17, 15) is 5.11 Å². The van der Waals surface area contributed by atoms with Crippen molar-refractivity contribution < 1.29 is 9.84 Å². The van der Waals surface area contributed by atoms with Gasteiger partial charge < -0.3 is 9.84 Å². The van der Waals surface area contributed by atoms with E-state index in [2.05, 4.69) is 11.2 Å². The average molecular weight is 178 g/mol. The van der Waals surface area contributed by atoms with Gasteiger partial charge in [0.1, 0.15) is 5.60 Å². The summed E-state index contributed by atoms with van der Waals surface area (Å²) < 4.78 is 5.19. The quantitative estimate of drug-likeness (QED) is 0.694. The normalized spacial score (nSPS) is 21.3. The van der Waals surface area contributed by atoms with Crippen LogP contribution in [0.1, 0.15) is 18.5 Å². The maximum Gasteiger partial charge on any atom is 0.111 e. The second-order valence-corrected chi connectivity index (χ2v) is 3.30. The lowest BCUT2D eigenvalue weighted by molar-refractivity contribution is -0.0705. The first-order chi connectivity index (χ1) is 6.31. The SMILES string of the molecule is OC1(c2ccc[c]n2)CCOCC1. The van der Waals surface area contributed by atoms with Gasteiger partial charge in [-0.2, -0.15) is 0 Å². The van der Waals surface area contributed by atoms with Crippen LogP contribution >= 0.6 is 0 Å². The van der Waals surface area contributed by atoms with E-state index in [4.69, 9.17) is 4.74 Å². The molecule has 69 valence electrons. The molecule has 1 saturated heterocycles. The van der Waals surface area contributed by atoms with Gasteiger partial charge in [-0.1, -0.05) is 6.07 Å². The molecule has 1 N–H and O–H groups in total. The molecule has 0 aliphatic carbocycles. The fourth-order valence-corrected chi connectivity index (χ4v) is 1.55. The maximum absolute atomic E-state index is 10.2. The summed E-state index contributed by atoms with van der Waals surface area (Å²) in [6, 6.07) is 5.41. The third-order valence-corrected chi connectivity index (χ3v) is 2.41. The van der Waals surface area contributed by atoms with Crippen LogP contribution in [0.15, 0.2) is 18.2 Å². The summed E-state index contributed by atoms with van der Waals surface area (Å²) in [7, 11) is 0. The minimum atomic E-state index is -0.796. The molecule has 3 nitrogen and oxygen atoms in total. The Balaban J connectivity index is 2.23. The highest BCUT2D eigenvalue weighted by molar-refractivity contribution is 5.12. The number of aliphatic hydroxyl groups is 1. The Morgan fingerprint density at radius 2 is 2.23 bits per heavy atom. The van der Waals surface area contributed by atoms with Crippen LogP contribution in [0.25, 0.3) is 0 Å². The molecule has 13 heavy (non-hydrogen) atoms. The van der Waals surface area contributed by atoms with Crippen molar-refractivity contribution in [3.8, 4) is 0 Å². The zero-order valence-electron chi connectivity index (χ0n) is 7.36. The molecule has 1 aliphatic rings. The standard InChI is InChI=1S/C10H12NO2/c12-10(4-7-13-8-5-10)9-3-1-2-6-11-9/h1-3,12H,4-5,7-8H2. The lowest BCUT2D eigenvalue weighted by atomic mass is 9.90. The summed E-state index contributed by atoms with van der Waals surface area (Å²) in [4.78, 5) is 4.04. The third kappa shape index (κ3) is 1.71. The third-order valence-electron chi connectivity index (χ3n) is 2.41. The molecule has 1 aromatic rings. The Labute approximate surface area is 77.4 Å². The number of pyridine rings is 1. The molecule has 1 aliphatic heterocycles. The lowest BCUT2D eigenvalue weighted by Gasteiger charge is -2.31. The molecule has 3 heteroatoms. The van der Waals surface area contributed by atoms with Crippen LogP contribution in [-0.2, 0) is 10.3 Å². The Bertz CT molecular complexity index is 268. The first-order valence-electron chi connectivity index (χ1n) is 4.45. The van der Waals surface area contributed by atoms with Crippen molar-refractivity contribution in [2.24, 2.45) is 0 Å². The molecule has 1 aromatic heterocycles. The van der Waals surface area contributed by atoms with Crippen molar-refractivity contribution in [1.29, 1.82) is 0 Å². The maximum atomic E-state index is 10.2. The predicted molar refractivity (Wildman–Crippen MR) is 47.0 cm³/mol. The molecule has 0 unspecified atom stereocenters. The van der Waals surface area contributed by atoms with E-state index in [1.165, 1.54) is 0 Å². The van der Waals surface area contributed by atoms with Gasteiger partial charge in [-0.15, -0.1) is 0 Å². The Morgan fingerprint density at radius 1 is 1.46 bits per heavy atom. The van der Waals surface area contributed by atoms with E-state index >= 15 is 0 Å². The number of hydrogen-bond acceptors (Lipinski definition) is 3. The van der Waals surface area contributed by atoms with Crippen LogP contribution in [0.2, 0.25) is 0 Å². The van der Waals surface area contributed by atoms with Gasteiger partial charge in [0.15, 0.2) is 0 Å². The second kappa shape index (κ2) is 3.44. The number of rotatable bonds is 1. The van der Waals surface area contributed by atoms with Gasteiger partial charge in [-0.3, -0.25) is 0 Å². The lowest BCUT2D eigenvalue weighted by Crippen LogP contribution is -2.34. The molecule has 1 radical (unpaired) electrons. The van der Waals surface area contributed by atoms with Crippen molar-refractivity contribution in [3.63, 3.8) is 0 Å². The average Bonchev–Trinajstić information content (AvgIpc) is 2.20. The van der Waals surface area contributed by atoms with Gasteiger partial charge in [0.2, 0.25) is 0 Å². The number of nitrogens with zero attached hydrogens (tertiary/aromatic N) is 1. The topological polar surface area (TPSA) is 42.4 Å². The minimum absolute atomic E-state index is 0.604. The monoisotopic (exact) mass is 178 g/mol. The fraction of sp³-hybridized carbons (Fsp3) is 0.500. The Kier molecular flexibility index (Phi) is 2.29. The number of aromatic nitrogens is 1. The van der Waals surface area contributed by atoms with Crippen LogP contribution in [0.4, 0.5) is 0 Å². The van der Waals surface area contributed by atoms with Gasteiger partial charge in [0.05, 0.1) is 11.9 Å². The molecule has 0 aromatic carbocycles. The molecular weight excluding hydrogens is 166 g/mol. The van der Waals surface area contributed by atoms with Crippen LogP contribution in [0.3, 0.4) is 0 Å². The Morgan fingerprint density at radius 3 is 2.85 bits per heavy atom. The molecule has 2 rings (SSSR count). The largest absolute Gasteiger partial charge is 0.383 e. The van der Waals surface area contributed by atoms with Crippen molar-refractivity contribution in [2.75, 3.05) is 13.2 Å². The predicted octanol–water partition coefficient (Wildman–Crippen LogP) is 0.880. The molecule has 0 saturated carbocycles. The Hall–Kier alpha value is -0.930. The summed E-state index contributed by atoms with van der Waals surface area (Å²) in [5.74, 6) is 0. The minimum Gasteiger partial charge on any atom is -0.383 e. The molecule has 1 fully saturated rings. The van der Waals surface area contributed by atoms with E-state index < -0.39 is 5.60 Å². The van der Waals surface area contributed by atoms with Crippen LogP contribution < -0.4 is 0 Å². The fourth-order valence-electron chi connectivity index (χ4n) is 1.55. The highest BCUT2D eigenvalue weighted by Crippen LogP contribution is 2.29. The van der Waals surface area contributed by atoms with E-state index in [0.717, 1.165) is 0 Å². The summed E-state index contributed by atoms with van der Waals surface area (Å²) in [6.07, 6.45) is 3.98. The molecule has 2 heterocycles. The van der Waals surface area contributed by atoms with E-state index in [1.807, 2.05) is 12.1 Å². The van der Waals surface area contributed by atoms with Crippen molar-refractivity contribution in [2.45, 2.75) is 18.4 Å². The number of ether oxygens (including phenoxy) is 1. The van der Waals surface area contributed by atoms with Gasteiger partial charge in [0.25, 0.3) is 0 Å². The first kappa shape index (κ1) is 8.66. The molecule has 0 spiro atoms. The molecule has 0 amide bonds. The summed E-state index contributed by atoms with van der Waals surface area (Å²) in [6.45, 7) is 1.21. The zero-order chi connectivity index (χ0) is 9.15. The molecule has 0 atom stereocenters. The molecule has 0 bridgehead atoms. The van der Waals surface area contributed by atoms with Crippen molar-refractivity contribution in [3.05, 3.63) is 30.1 Å². The zero-order valence-corrected chi connectivity index (χ0v) is 7.36. The van der Waals surface area contributed by atoms with Crippen LogP contribution in [0, 0.1) is 6.20 Å². The van der Waals surface area contributed by atoms with Crippen molar-refractivity contribution in [1.82, 2.24) is 4.98 Å². The number of hydrogen-bond donors (Lipinski definition) is 1. The van der Waals surface area contributed by atoms with Crippen LogP contribution in [0.5, 0.6) is 0 Å². The van der Waals surface area contributed by atoms with Gasteiger partial charge in [-0.05, 0) is 12.1 Å². The summed E-state index contributed by atoms with van der Waals surface area (Å²) in [5, 5.41) is 10.2. The highest BCUT2D eigenvalue weighted by atomic mass is 16.5. The first-order valence-corrected chi connectivity index (χ1v) is 4.45. The van der Waals surface area contributed by atoms with E-state index in [1.54, 1.807) is 6.07 Å². The van der Waals surface area contributed by atoms with E-state index in [0.29, 0.717) is 31.7 Å². The summed E-state index contributed by atoms with van der Waals surface area (Å²) >= 11 is 0. The second-order valence-electron chi connectivity index (χ2n) is 3.30. The van der Waals surface area contributed by atoms with Crippen LogP contribution in [-0.4, -0.2) is 23.3 Å². The van der Waals surface area contributed by atoms with Gasteiger partial charge in [0, 0.05) is 26.1 Å².